The third kappa shape index (κ3) is 2.00. The summed E-state index contributed by atoms with van der Waals surface area (Å²) in [4.78, 5) is 17.6. The maximum Gasteiger partial charge on any atom is 0.223 e. The molecule has 118 valence electrons. The van der Waals surface area contributed by atoms with Gasteiger partial charge in [0.05, 0.1) is 18.2 Å². The van der Waals surface area contributed by atoms with E-state index in [1.165, 1.54) is 0 Å². The van der Waals surface area contributed by atoms with Gasteiger partial charge in [0.15, 0.2) is 5.78 Å². The van der Waals surface area contributed by atoms with E-state index in [1.54, 1.807) is 19.3 Å². The number of para-hydroxylation sites is 1. The van der Waals surface area contributed by atoms with Crippen LogP contribution in [0.2, 0.25) is 0 Å². The van der Waals surface area contributed by atoms with Gasteiger partial charge >= 0.3 is 0 Å². The average Bonchev–Trinajstić information content (AvgIpc) is 2.92. The van der Waals surface area contributed by atoms with Crippen molar-refractivity contribution in [2.24, 2.45) is 0 Å². The molecule has 0 N–H and O–H groups in total. The van der Waals surface area contributed by atoms with E-state index in [1.807, 2.05) is 36.4 Å². The highest BCUT2D eigenvalue weighted by Crippen LogP contribution is 2.45. The van der Waals surface area contributed by atoms with Crippen LogP contribution in [0.25, 0.3) is 22.0 Å². The second-order valence-corrected chi connectivity index (χ2v) is 5.52. The van der Waals surface area contributed by atoms with E-state index < -0.39 is 0 Å². The Morgan fingerprint density at radius 1 is 1.12 bits per heavy atom. The normalized spacial score (nSPS) is 12.0. The van der Waals surface area contributed by atoms with Crippen molar-refractivity contribution in [3.8, 4) is 22.8 Å². The van der Waals surface area contributed by atoms with Crippen LogP contribution in [0.5, 0.6) is 11.6 Å². The summed E-state index contributed by atoms with van der Waals surface area (Å²) in [7, 11) is 1.59. The van der Waals surface area contributed by atoms with E-state index in [-0.39, 0.29) is 5.78 Å². The third-order valence-corrected chi connectivity index (χ3v) is 4.16. The SMILES string of the molecule is C=CCOc1nc2ccccc2c2c1-c1ccc(OC)cc1C2=O. The predicted octanol–water partition coefficient (Wildman–Crippen LogP) is 4.02. The van der Waals surface area contributed by atoms with Gasteiger partial charge in [-0.1, -0.05) is 30.9 Å². The zero-order chi connectivity index (χ0) is 16.7. The van der Waals surface area contributed by atoms with Crippen molar-refractivity contribution < 1.29 is 14.3 Å². The van der Waals surface area contributed by atoms with Crippen molar-refractivity contribution >= 4 is 16.7 Å². The van der Waals surface area contributed by atoms with Gasteiger partial charge in [-0.25, -0.2) is 4.98 Å². The molecule has 0 spiro atoms. The first-order valence-electron chi connectivity index (χ1n) is 7.64. The van der Waals surface area contributed by atoms with Crippen LogP contribution in [0, 0.1) is 0 Å². The number of carbonyl (C=O) groups excluding carboxylic acids is 1. The number of hydrogen-bond donors (Lipinski definition) is 0. The Bertz CT molecular complexity index is 992. The number of benzene rings is 2. The summed E-state index contributed by atoms with van der Waals surface area (Å²) in [6.07, 6.45) is 1.66. The molecule has 3 aromatic rings. The van der Waals surface area contributed by atoms with Gasteiger partial charge in [-0.3, -0.25) is 4.79 Å². The zero-order valence-electron chi connectivity index (χ0n) is 13.2. The first-order chi connectivity index (χ1) is 11.7. The molecule has 0 aliphatic heterocycles. The molecule has 4 heteroatoms. The maximum atomic E-state index is 13.0. The molecule has 0 unspecified atom stereocenters. The molecule has 4 nitrogen and oxygen atoms in total. The molecule has 4 rings (SSSR count). The molecule has 0 saturated heterocycles. The summed E-state index contributed by atoms with van der Waals surface area (Å²) in [5, 5.41) is 0.832. The van der Waals surface area contributed by atoms with Gasteiger partial charge in [-0.15, -0.1) is 0 Å². The van der Waals surface area contributed by atoms with Crippen LogP contribution >= 0.6 is 0 Å². The lowest BCUT2D eigenvalue weighted by atomic mass is 10.0. The molecule has 0 amide bonds. The largest absolute Gasteiger partial charge is 0.497 e. The lowest BCUT2D eigenvalue weighted by molar-refractivity contribution is 0.104. The van der Waals surface area contributed by atoms with Crippen LogP contribution < -0.4 is 9.47 Å². The van der Waals surface area contributed by atoms with E-state index in [9.17, 15) is 4.79 Å². The Kier molecular flexibility index (Phi) is 3.31. The van der Waals surface area contributed by atoms with Crippen molar-refractivity contribution in [3.05, 3.63) is 66.2 Å². The number of nitrogens with zero attached hydrogens (tertiary/aromatic N) is 1. The fraction of sp³-hybridized carbons (Fsp3) is 0.100. The molecule has 0 saturated carbocycles. The topological polar surface area (TPSA) is 48.4 Å². The van der Waals surface area contributed by atoms with Crippen LogP contribution in [0.4, 0.5) is 0 Å². The summed E-state index contributed by atoms with van der Waals surface area (Å²) in [6.45, 7) is 4.01. The molecular weight excluding hydrogens is 302 g/mol. The minimum Gasteiger partial charge on any atom is -0.497 e. The summed E-state index contributed by atoms with van der Waals surface area (Å²) in [5.41, 5.74) is 3.57. The Hall–Kier alpha value is -3.14. The molecule has 0 bridgehead atoms. The zero-order valence-corrected chi connectivity index (χ0v) is 13.2. The van der Waals surface area contributed by atoms with Gasteiger partial charge < -0.3 is 9.47 Å². The monoisotopic (exact) mass is 317 g/mol. The highest BCUT2D eigenvalue weighted by atomic mass is 16.5. The number of methoxy groups -OCH3 is 1. The smallest absolute Gasteiger partial charge is 0.223 e. The summed E-state index contributed by atoms with van der Waals surface area (Å²) in [5.74, 6) is 1.09. The van der Waals surface area contributed by atoms with Crippen LogP contribution in [0.1, 0.15) is 15.9 Å². The molecule has 1 heterocycles. The lowest BCUT2D eigenvalue weighted by Gasteiger charge is -2.11. The van der Waals surface area contributed by atoms with Crippen molar-refractivity contribution in [2.75, 3.05) is 13.7 Å². The molecule has 24 heavy (non-hydrogen) atoms. The minimum absolute atomic E-state index is 0.0269. The Balaban J connectivity index is 2.05. The molecular formula is C20H15NO3. The molecule has 1 aromatic heterocycles. The summed E-state index contributed by atoms with van der Waals surface area (Å²) < 4.78 is 11.0. The van der Waals surface area contributed by atoms with Crippen molar-refractivity contribution in [1.82, 2.24) is 4.98 Å². The summed E-state index contributed by atoms with van der Waals surface area (Å²) in [6, 6.07) is 13.1. The number of aromatic nitrogens is 1. The van der Waals surface area contributed by atoms with Gasteiger partial charge in [0.1, 0.15) is 12.4 Å². The highest BCUT2D eigenvalue weighted by Gasteiger charge is 2.33. The maximum absolute atomic E-state index is 13.0. The van der Waals surface area contributed by atoms with Crippen molar-refractivity contribution in [3.63, 3.8) is 0 Å². The average molecular weight is 317 g/mol. The second kappa shape index (κ2) is 5.49. The predicted molar refractivity (Wildman–Crippen MR) is 92.9 cm³/mol. The fourth-order valence-electron chi connectivity index (χ4n) is 3.11. The first kappa shape index (κ1) is 14.5. The van der Waals surface area contributed by atoms with Gasteiger partial charge in [0.25, 0.3) is 0 Å². The molecule has 1 aliphatic carbocycles. The number of pyridine rings is 1. The van der Waals surface area contributed by atoms with E-state index in [0.717, 1.165) is 22.0 Å². The molecule has 1 aliphatic rings. The minimum atomic E-state index is -0.0269. The van der Waals surface area contributed by atoms with Crippen LogP contribution in [-0.2, 0) is 0 Å². The number of carbonyl (C=O) groups is 1. The van der Waals surface area contributed by atoms with Gasteiger partial charge in [0, 0.05) is 16.5 Å². The first-order valence-corrected chi connectivity index (χ1v) is 7.64. The standard InChI is InChI=1S/C20H15NO3/c1-3-10-24-20-18-13-9-8-12(23-2)11-15(13)19(22)17(18)14-6-4-5-7-16(14)21-20/h3-9,11H,1,10H2,2H3. The number of rotatable bonds is 4. The Morgan fingerprint density at radius 3 is 2.75 bits per heavy atom. The molecule has 0 fully saturated rings. The van der Waals surface area contributed by atoms with Gasteiger partial charge in [-0.05, 0) is 29.8 Å². The fourth-order valence-corrected chi connectivity index (χ4v) is 3.11. The van der Waals surface area contributed by atoms with Crippen molar-refractivity contribution in [1.29, 1.82) is 0 Å². The lowest BCUT2D eigenvalue weighted by Crippen LogP contribution is -2.01. The quantitative estimate of drug-likeness (QED) is 0.533. The number of ketones is 1. The van der Waals surface area contributed by atoms with Gasteiger partial charge in [-0.2, -0.15) is 0 Å². The Labute approximate surface area is 139 Å². The third-order valence-electron chi connectivity index (χ3n) is 4.16. The Morgan fingerprint density at radius 2 is 1.96 bits per heavy atom. The van der Waals surface area contributed by atoms with Gasteiger partial charge in [0.2, 0.25) is 5.88 Å². The van der Waals surface area contributed by atoms with Crippen LogP contribution in [0.3, 0.4) is 0 Å². The van der Waals surface area contributed by atoms with E-state index in [4.69, 9.17) is 9.47 Å². The highest BCUT2D eigenvalue weighted by molar-refractivity contribution is 6.28. The van der Waals surface area contributed by atoms with E-state index in [2.05, 4.69) is 11.6 Å². The molecule has 2 aromatic carbocycles. The number of fused-ring (bicyclic) bond motifs is 5. The second-order valence-electron chi connectivity index (χ2n) is 5.52. The molecule has 0 radical (unpaired) electrons. The molecule has 0 atom stereocenters. The van der Waals surface area contributed by atoms with E-state index >= 15 is 0 Å². The number of hydrogen-bond acceptors (Lipinski definition) is 4. The van der Waals surface area contributed by atoms with Crippen LogP contribution in [-0.4, -0.2) is 24.5 Å². The van der Waals surface area contributed by atoms with Crippen molar-refractivity contribution in [2.45, 2.75) is 0 Å². The van der Waals surface area contributed by atoms with E-state index in [0.29, 0.717) is 29.4 Å². The number of ether oxygens (including phenoxy) is 2. The summed E-state index contributed by atoms with van der Waals surface area (Å²) >= 11 is 0. The van der Waals surface area contributed by atoms with Crippen LogP contribution in [0.15, 0.2) is 55.1 Å².